The van der Waals surface area contributed by atoms with E-state index in [4.69, 9.17) is 0 Å². The summed E-state index contributed by atoms with van der Waals surface area (Å²) in [5.41, 5.74) is 2.06. The van der Waals surface area contributed by atoms with Crippen LogP contribution >= 0.6 is 0 Å². The molecule has 5 heteroatoms. The Morgan fingerprint density at radius 3 is 2.57 bits per heavy atom. The van der Waals surface area contributed by atoms with Gasteiger partial charge in [-0.25, -0.2) is 0 Å². The number of nitrogens with zero attached hydrogens (tertiary/aromatic N) is 3. The molecule has 5 nitrogen and oxygen atoms in total. The molecule has 2 aromatic rings. The van der Waals surface area contributed by atoms with Crippen molar-refractivity contribution in [3.63, 3.8) is 0 Å². The largest absolute Gasteiger partial charge is 0.494 e. The summed E-state index contributed by atoms with van der Waals surface area (Å²) in [4.78, 5) is 16.5. The normalized spacial score (nSPS) is 10.7. The molecule has 0 radical (unpaired) electrons. The van der Waals surface area contributed by atoms with Gasteiger partial charge in [0.2, 0.25) is 5.88 Å². The fourth-order valence-electron chi connectivity index (χ4n) is 2.19. The number of allylic oxidation sites excluding steroid dienone is 1. The van der Waals surface area contributed by atoms with E-state index < -0.39 is 5.56 Å². The number of nitriles is 1. The summed E-state index contributed by atoms with van der Waals surface area (Å²) in [6.07, 6.45) is 2.95. The molecule has 2 rings (SSSR count). The van der Waals surface area contributed by atoms with Crippen LogP contribution in [0.15, 0.2) is 46.7 Å². The highest BCUT2D eigenvalue weighted by atomic mass is 16.3. The van der Waals surface area contributed by atoms with Crippen molar-refractivity contribution in [2.75, 3.05) is 0 Å². The molecule has 0 fully saturated rings. The number of aromatic nitrogens is 1. The standard InChI is InChI=1S/C18H17N3O2/c1-4-9-21-17(22)15(10-19)13(3)16(18(21)23)11-20-14-7-5-12(2)6-8-14/h4-8,11,23H,1,9H2,2-3H3. The summed E-state index contributed by atoms with van der Waals surface area (Å²) in [6.45, 7) is 7.28. The summed E-state index contributed by atoms with van der Waals surface area (Å²) in [6, 6.07) is 9.45. The Morgan fingerprint density at radius 2 is 2.00 bits per heavy atom. The van der Waals surface area contributed by atoms with E-state index in [-0.39, 0.29) is 18.0 Å². The van der Waals surface area contributed by atoms with Gasteiger partial charge in [0, 0.05) is 12.8 Å². The minimum absolute atomic E-state index is 0.00462. The Hall–Kier alpha value is -3.13. The molecule has 0 aliphatic rings. The lowest BCUT2D eigenvalue weighted by atomic mass is 10.1. The topological polar surface area (TPSA) is 78.4 Å². The zero-order chi connectivity index (χ0) is 17.0. The van der Waals surface area contributed by atoms with Gasteiger partial charge in [-0.15, -0.1) is 6.58 Å². The molecule has 0 bridgehead atoms. The van der Waals surface area contributed by atoms with E-state index in [0.717, 1.165) is 15.8 Å². The molecule has 0 spiro atoms. The summed E-state index contributed by atoms with van der Waals surface area (Å²) in [5.74, 6) is -0.220. The van der Waals surface area contributed by atoms with Crippen molar-refractivity contribution in [3.8, 4) is 11.9 Å². The van der Waals surface area contributed by atoms with Crippen molar-refractivity contribution in [2.24, 2.45) is 4.99 Å². The third-order valence-corrected chi connectivity index (χ3v) is 3.53. The van der Waals surface area contributed by atoms with E-state index in [1.807, 2.05) is 37.3 Å². The number of pyridine rings is 1. The van der Waals surface area contributed by atoms with Crippen LogP contribution in [0.25, 0.3) is 0 Å². The van der Waals surface area contributed by atoms with E-state index in [2.05, 4.69) is 11.6 Å². The van der Waals surface area contributed by atoms with Crippen LogP contribution in [-0.2, 0) is 6.54 Å². The van der Waals surface area contributed by atoms with Gasteiger partial charge >= 0.3 is 0 Å². The minimum atomic E-state index is -0.533. The van der Waals surface area contributed by atoms with Crippen LogP contribution in [0.4, 0.5) is 5.69 Å². The lowest BCUT2D eigenvalue weighted by Crippen LogP contribution is -2.24. The van der Waals surface area contributed by atoms with Gasteiger partial charge in [0.15, 0.2) is 0 Å². The van der Waals surface area contributed by atoms with Gasteiger partial charge in [-0.2, -0.15) is 5.26 Å². The molecule has 23 heavy (non-hydrogen) atoms. The summed E-state index contributed by atoms with van der Waals surface area (Å²) in [7, 11) is 0. The number of rotatable bonds is 4. The molecule has 1 aromatic heterocycles. The van der Waals surface area contributed by atoms with E-state index in [1.54, 1.807) is 6.92 Å². The smallest absolute Gasteiger partial charge is 0.271 e. The Balaban J connectivity index is 2.59. The van der Waals surface area contributed by atoms with E-state index in [9.17, 15) is 15.2 Å². The fraction of sp³-hybridized carbons (Fsp3) is 0.167. The van der Waals surface area contributed by atoms with Crippen molar-refractivity contribution in [2.45, 2.75) is 20.4 Å². The lowest BCUT2D eigenvalue weighted by molar-refractivity contribution is 0.414. The van der Waals surface area contributed by atoms with Crippen molar-refractivity contribution in [1.29, 1.82) is 5.26 Å². The molecular weight excluding hydrogens is 290 g/mol. The molecule has 116 valence electrons. The van der Waals surface area contributed by atoms with Crippen LogP contribution in [0.3, 0.4) is 0 Å². The van der Waals surface area contributed by atoms with Gasteiger partial charge in [-0.3, -0.25) is 14.4 Å². The first-order chi connectivity index (χ1) is 11.0. The third-order valence-electron chi connectivity index (χ3n) is 3.53. The second-order valence-electron chi connectivity index (χ2n) is 5.15. The zero-order valence-electron chi connectivity index (χ0n) is 13.1. The minimum Gasteiger partial charge on any atom is -0.494 e. The van der Waals surface area contributed by atoms with E-state index in [0.29, 0.717) is 11.1 Å². The Labute approximate surface area is 134 Å². The molecular formula is C18H17N3O2. The number of aryl methyl sites for hydroxylation is 1. The van der Waals surface area contributed by atoms with Crippen molar-refractivity contribution in [3.05, 3.63) is 69.5 Å². The van der Waals surface area contributed by atoms with Gasteiger partial charge < -0.3 is 5.11 Å². The van der Waals surface area contributed by atoms with Crippen LogP contribution in [-0.4, -0.2) is 15.9 Å². The molecule has 0 aliphatic heterocycles. The predicted octanol–water partition coefficient (Wildman–Crippen LogP) is 2.98. The van der Waals surface area contributed by atoms with Crippen molar-refractivity contribution < 1.29 is 5.11 Å². The van der Waals surface area contributed by atoms with E-state index >= 15 is 0 Å². The van der Waals surface area contributed by atoms with Crippen LogP contribution in [0, 0.1) is 25.2 Å². The number of hydrogen-bond donors (Lipinski definition) is 1. The molecule has 0 aliphatic carbocycles. The average molecular weight is 307 g/mol. The quantitative estimate of drug-likeness (QED) is 0.696. The fourth-order valence-corrected chi connectivity index (χ4v) is 2.19. The first kappa shape index (κ1) is 16.2. The van der Waals surface area contributed by atoms with E-state index in [1.165, 1.54) is 12.3 Å². The Morgan fingerprint density at radius 1 is 1.35 bits per heavy atom. The maximum atomic E-state index is 12.2. The van der Waals surface area contributed by atoms with Crippen LogP contribution in [0.5, 0.6) is 5.88 Å². The molecule has 1 N–H and O–H groups in total. The first-order valence-corrected chi connectivity index (χ1v) is 7.07. The van der Waals surface area contributed by atoms with Crippen LogP contribution < -0.4 is 5.56 Å². The van der Waals surface area contributed by atoms with Gasteiger partial charge in [0.25, 0.3) is 5.56 Å². The molecule has 0 saturated heterocycles. The van der Waals surface area contributed by atoms with Crippen LogP contribution in [0.2, 0.25) is 0 Å². The zero-order valence-corrected chi connectivity index (χ0v) is 13.1. The van der Waals surface area contributed by atoms with Gasteiger partial charge in [0.05, 0.1) is 11.3 Å². The molecule has 0 unspecified atom stereocenters. The second-order valence-corrected chi connectivity index (χ2v) is 5.15. The molecule has 1 aromatic carbocycles. The maximum Gasteiger partial charge on any atom is 0.271 e. The Bertz CT molecular complexity index is 869. The highest BCUT2D eigenvalue weighted by molar-refractivity contribution is 5.87. The summed E-state index contributed by atoms with van der Waals surface area (Å²) >= 11 is 0. The van der Waals surface area contributed by atoms with Crippen molar-refractivity contribution >= 4 is 11.9 Å². The number of aromatic hydroxyl groups is 1. The summed E-state index contributed by atoms with van der Waals surface area (Å²) in [5, 5.41) is 19.5. The Kier molecular flexibility index (Phi) is 4.77. The second kappa shape index (κ2) is 6.75. The number of aliphatic imine (C=N–C) groups is 1. The van der Waals surface area contributed by atoms with Gasteiger partial charge in [-0.05, 0) is 31.5 Å². The average Bonchev–Trinajstić information content (AvgIpc) is 2.53. The molecule has 0 saturated carbocycles. The molecule has 0 amide bonds. The molecule has 0 atom stereocenters. The summed E-state index contributed by atoms with van der Waals surface area (Å²) < 4.78 is 1.11. The third kappa shape index (κ3) is 3.22. The number of benzene rings is 1. The maximum absolute atomic E-state index is 12.2. The lowest BCUT2D eigenvalue weighted by Gasteiger charge is -2.12. The van der Waals surface area contributed by atoms with Gasteiger partial charge in [0.1, 0.15) is 11.6 Å². The highest BCUT2D eigenvalue weighted by Gasteiger charge is 2.17. The first-order valence-electron chi connectivity index (χ1n) is 7.07. The highest BCUT2D eigenvalue weighted by Crippen LogP contribution is 2.21. The van der Waals surface area contributed by atoms with Gasteiger partial charge in [-0.1, -0.05) is 23.8 Å². The monoisotopic (exact) mass is 307 g/mol. The van der Waals surface area contributed by atoms with Crippen LogP contribution in [0.1, 0.15) is 22.3 Å². The van der Waals surface area contributed by atoms with Crippen molar-refractivity contribution in [1.82, 2.24) is 4.57 Å². The SMILES string of the molecule is C=CCn1c(O)c(C=Nc2ccc(C)cc2)c(C)c(C#N)c1=O. The predicted molar refractivity (Wildman–Crippen MR) is 90.4 cm³/mol. The number of hydrogen-bond acceptors (Lipinski definition) is 4. The molecule has 1 heterocycles.